The molecule has 0 radical (unpaired) electrons. The molecule has 1 aromatic carbocycles. The van der Waals surface area contributed by atoms with Gasteiger partial charge in [0.15, 0.2) is 0 Å². The number of benzene rings is 1. The third-order valence-corrected chi connectivity index (χ3v) is 2.91. The molecule has 0 aliphatic rings. The van der Waals surface area contributed by atoms with Crippen LogP contribution >= 0.6 is 11.6 Å². The van der Waals surface area contributed by atoms with Gasteiger partial charge in [-0.25, -0.2) is 0 Å². The monoisotopic (exact) mass is 241 g/mol. The first-order valence-electron chi connectivity index (χ1n) is 5.45. The number of hydrogen-bond acceptors (Lipinski definition) is 2. The zero-order valence-corrected chi connectivity index (χ0v) is 11.1. The van der Waals surface area contributed by atoms with E-state index in [9.17, 15) is 0 Å². The van der Waals surface area contributed by atoms with E-state index in [1.54, 1.807) is 0 Å². The van der Waals surface area contributed by atoms with Crippen molar-refractivity contribution < 1.29 is 4.74 Å². The summed E-state index contributed by atoms with van der Waals surface area (Å²) in [7, 11) is 0. The number of rotatable bonds is 3. The fraction of sp³-hybridized carbons (Fsp3) is 0.538. The van der Waals surface area contributed by atoms with Crippen LogP contribution < -0.4 is 10.5 Å². The highest BCUT2D eigenvalue weighted by atomic mass is 35.5. The highest BCUT2D eigenvalue weighted by Gasteiger charge is 2.21. The lowest BCUT2D eigenvalue weighted by Crippen LogP contribution is -2.40. The van der Waals surface area contributed by atoms with E-state index in [0.29, 0.717) is 17.4 Å². The van der Waals surface area contributed by atoms with Gasteiger partial charge in [0.2, 0.25) is 0 Å². The molecule has 2 nitrogen and oxygen atoms in total. The zero-order valence-electron chi connectivity index (χ0n) is 10.4. The van der Waals surface area contributed by atoms with Gasteiger partial charge in [0.1, 0.15) is 12.4 Å². The zero-order chi connectivity index (χ0) is 12.3. The van der Waals surface area contributed by atoms with Crippen LogP contribution in [0.25, 0.3) is 0 Å². The van der Waals surface area contributed by atoms with E-state index in [2.05, 4.69) is 20.8 Å². The van der Waals surface area contributed by atoms with Crippen LogP contribution in [0.15, 0.2) is 18.2 Å². The second-order valence-corrected chi connectivity index (χ2v) is 5.62. The van der Waals surface area contributed by atoms with Crippen molar-refractivity contribution in [2.24, 2.45) is 11.1 Å². The van der Waals surface area contributed by atoms with Gasteiger partial charge in [-0.3, -0.25) is 0 Å². The van der Waals surface area contributed by atoms with E-state index >= 15 is 0 Å². The first-order chi connectivity index (χ1) is 7.30. The number of aryl methyl sites for hydroxylation is 1. The topological polar surface area (TPSA) is 35.2 Å². The van der Waals surface area contributed by atoms with E-state index in [0.717, 1.165) is 5.56 Å². The number of hydrogen-bond donors (Lipinski definition) is 1. The molecule has 1 unspecified atom stereocenters. The predicted molar refractivity (Wildman–Crippen MR) is 69.1 cm³/mol. The minimum Gasteiger partial charge on any atom is -0.490 e. The minimum absolute atomic E-state index is 0.00938. The maximum atomic E-state index is 6.06. The molecule has 90 valence electrons. The Balaban J connectivity index is 2.62. The van der Waals surface area contributed by atoms with Crippen LogP contribution in [0.4, 0.5) is 0 Å². The van der Waals surface area contributed by atoms with Crippen molar-refractivity contribution in [3.63, 3.8) is 0 Å². The third-order valence-electron chi connectivity index (χ3n) is 2.62. The molecule has 1 atom stereocenters. The van der Waals surface area contributed by atoms with Gasteiger partial charge in [-0.2, -0.15) is 0 Å². The van der Waals surface area contributed by atoms with Gasteiger partial charge in [0, 0.05) is 6.04 Å². The standard InChI is InChI=1S/C13H20ClNO/c1-9-5-6-11(10(14)7-9)16-8-12(15)13(2,3)4/h5-7,12H,8,15H2,1-4H3. The third kappa shape index (κ3) is 3.69. The van der Waals surface area contributed by atoms with Crippen LogP contribution in [0.2, 0.25) is 5.02 Å². The minimum atomic E-state index is -0.00938. The lowest BCUT2D eigenvalue weighted by atomic mass is 9.88. The summed E-state index contributed by atoms with van der Waals surface area (Å²) in [5, 5.41) is 0.640. The molecule has 0 fully saturated rings. The molecule has 0 amide bonds. The van der Waals surface area contributed by atoms with Gasteiger partial charge in [-0.15, -0.1) is 0 Å². The molecule has 16 heavy (non-hydrogen) atoms. The second-order valence-electron chi connectivity index (χ2n) is 5.22. The largest absolute Gasteiger partial charge is 0.490 e. The van der Waals surface area contributed by atoms with Gasteiger partial charge in [-0.05, 0) is 30.0 Å². The second kappa shape index (κ2) is 5.07. The Morgan fingerprint density at radius 3 is 2.50 bits per heavy atom. The first kappa shape index (κ1) is 13.3. The molecule has 0 aromatic heterocycles. The van der Waals surface area contributed by atoms with Gasteiger partial charge < -0.3 is 10.5 Å². The van der Waals surface area contributed by atoms with Crippen LogP contribution in [0.3, 0.4) is 0 Å². The summed E-state index contributed by atoms with van der Waals surface area (Å²) in [5.74, 6) is 0.701. The Morgan fingerprint density at radius 1 is 1.38 bits per heavy atom. The predicted octanol–water partition coefficient (Wildman–Crippen LogP) is 3.40. The van der Waals surface area contributed by atoms with Crippen molar-refractivity contribution in [3.8, 4) is 5.75 Å². The number of nitrogens with two attached hydrogens (primary N) is 1. The van der Waals surface area contributed by atoms with Gasteiger partial charge in [0.25, 0.3) is 0 Å². The van der Waals surface area contributed by atoms with Crippen molar-refractivity contribution in [1.29, 1.82) is 0 Å². The molecule has 1 aromatic rings. The summed E-state index contributed by atoms with van der Waals surface area (Å²) in [6.07, 6.45) is 0. The van der Waals surface area contributed by atoms with Crippen molar-refractivity contribution >= 4 is 11.6 Å². The lowest BCUT2D eigenvalue weighted by molar-refractivity contribution is 0.205. The fourth-order valence-electron chi connectivity index (χ4n) is 1.15. The Hall–Kier alpha value is -0.730. The Morgan fingerprint density at radius 2 is 2.00 bits per heavy atom. The van der Waals surface area contributed by atoms with Crippen LogP contribution in [0, 0.1) is 12.3 Å². The molecule has 0 bridgehead atoms. The molecule has 0 saturated heterocycles. The Labute approximate surface area is 103 Å². The van der Waals surface area contributed by atoms with E-state index in [4.69, 9.17) is 22.1 Å². The maximum absolute atomic E-state index is 6.06. The summed E-state index contributed by atoms with van der Waals surface area (Å²) in [4.78, 5) is 0. The molecular weight excluding hydrogens is 222 g/mol. The van der Waals surface area contributed by atoms with Gasteiger partial charge >= 0.3 is 0 Å². The molecule has 0 heterocycles. The van der Waals surface area contributed by atoms with Crippen molar-refractivity contribution in [2.45, 2.75) is 33.7 Å². The highest BCUT2D eigenvalue weighted by molar-refractivity contribution is 6.32. The van der Waals surface area contributed by atoms with Gasteiger partial charge in [0.05, 0.1) is 5.02 Å². The molecule has 0 saturated carbocycles. The molecule has 3 heteroatoms. The summed E-state index contributed by atoms with van der Waals surface area (Å²) in [6.45, 7) is 8.76. The SMILES string of the molecule is Cc1ccc(OCC(N)C(C)(C)C)c(Cl)c1. The van der Waals surface area contributed by atoms with Crippen LogP contribution in [0.1, 0.15) is 26.3 Å². The molecular formula is C13H20ClNO. The summed E-state index contributed by atoms with van der Waals surface area (Å²) < 4.78 is 5.62. The fourth-order valence-corrected chi connectivity index (χ4v) is 1.44. The van der Waals surface area contributed by atoms with Crippen molar-refractivity contribution in [2.75, 3.05) is 6.61 Å². The lowest BCUT2D eigenvalue weighted by Gasteiger charge is -2.27. The van der Waals surface area contributed by atoms with Crippen LogP contribution in [-0.4, -0.2) is 12.6 Å². The summed E-state index contributed by atoms with van der Waals surface area (Å²) >= 11 is 6.06. The number of ether oxygens (including phenoxy) is 1. The van der Waals surface area contributed by atoms with Crippen molar-refractivity contribution in [1.82, 2.24) is 0 Å². The molecule has 2 N–H and O–H groups in total. The Bertz CT molecular complexity index is 357. The van der Waals surface area contributed by atoms with Crippen LogP contribution in [-0.2, 0) is 0 Å². The summed E-state index contributed by atoms with van der Waals surface area (Å²) in [6, 6.07) is 5.74. The molecule has 1 rings (SSSR count). The average Bonchev–Trinajstić information content (AvgIpc) is 2.14. The van der Waals surface area contributed by atoms with E-state index in [1.165, 1.54) is 0 Å². The average molecular weight is 242 g/mol. The Kier molecular flexibility index (Phi) is 4.22. The molecule has 0 aliphatic carbocycles. The van der Waals surface area contributed by atoms with Crippen LogP contribution in [0.5, 0.6) is 5.75 Å². The highest BCUT2D eigenvalue weighted by Crippen LogP contribution is 2.26. The van der Waals surface area contributed by atoms with Crippen molar-refractivity contribution in [3.05, 3.63) is 28.8 Å². The smallest absolute Gasteiger partial charge is 0.137 e. The van der Waals surface area contributed by atoms with E-state index < -0.39 is 0 Å². The summed E-state index contributed by atoms with van der Waals surface area (Å²) in [5.41, 5.74) is 7.17. The van der Waals surface area contributed by atoms with Gasteiger partial charge in [-0.1, -0.05) is 38.4 Å². The quantitative estimate of drug-likeness (QED) is 0.880. The first-order valence-corrected chi connectivity index (χ1v) is 5.83. The molecule has 0 aliphatic heterocycles. The number of halogens is 1. The van der Waals surface area contributed by atoms with E-state index in [1.807, 2.05) is 25.1 Å². The van der Waals surface area contributed by atoms with E-state index in [-0.39, 0.29) is 11.5 Å². The molecule has 0 spiro atoms. The normalized spacial score (nSPS) is 13.6. The maximum Gasteiger partial charge on any atom is 0.137 e.